The van der Waals surface area contributed by atoms with Gasteiger partial charge < -0.3 is 15.2 Å². The molecule has 0 aliphatic rings. The van der Waals surface area contributed by atoms with Gasteiger partial charge in [-0.2, -0.15) is 0 Å². The summed E-state index contributed by atoms with van der Waals surface area (Å²) >= 11 is 0. The van der Waals surface area contributed by atoms with Crippen LogP contribution in [0, 0.1) is 0 Å². The normalized spacial score (nSPS) is 10.8. The van der Waals surface area contributed by atoms with E-state index in [0.717, 1.165) is 12.1 Å². The van der Waals surface area contributed by atoms with Gasteiger partial charge in [0.1, 0.15) is 0 Å². The lowest BCUT2D eigenvalue weighted by Crippen LogP contribution is -2.03. The van der Waals surface area contributed by atoms with Gasteiger partial charge in [-0.25, -0.2) is 0 Å². The first-order valence-corrected chi connectivity index (χ1v) is 5.05. The zero-order valence-electron chi connectivity index (χ0n) is 9.16. The van der Waals surface area contributed by atoms with Crippen molar-refractivity contribution in [3.8, 4) is 11.5 Å². The third-order valence-corrected chi connectivity index (χ3v) is 1.95. The molecule has 1 aromatic rings. The predicted octanol–water partition coefficient (Wildman–Crippen LogP) is 2.02. The van der Waals surface area contributed by atoms with Gasteiger partial charge in [0.25, 0.3) is 0 Å². The van der Waals surface area contributed by atoms with Gasteiger partial charge >= 0.3 is 0 Å². The number of rotatable bonds is 5. The standard InChI is InChI=1S/C12H17NO2/c1-3-15-11-8-4-6-10(12(11)14)7-5-9-13-2/h4-8,13-14H,3,9H2,1-2H3. The molecule has 0 fully saturated rings. The minimum atomic E-state index is 0.201. The highest BCUT2D eigenvalue weighted by atomic mass is 16.5. The van der Waals surface area contributed by atoms with Crippen molar-refractivity contribution in [3.63, 3.8) is 0 Å². The van der Waals surface area contributed by atoms with Crippen LogP contribution in [0.3, 0.4) is 0 Å². The molecule has 1 rings (SSSR count). The van der Waals surface area contributed by atoms with Crippen molar-refractivity contribution in [1.82, 2.24) is 5.32 Å². The molecule has 3 nitrogen and oxygen atoms in total. The molecule has 0 heterocycles. The molecular weight excluding hydrogens is 190 g/mol. The lowest BCUT2D eigenvalue weighted by atomic mass is 10.1. The van der Waals surface area contributed by atoms with E-state index in [4.69, 9.17) is 4.74 Å². The van der Waals surface area contributed by atoms with Crippen LogP contribution in [0.2, 0.25) is 0 Å². The maximum Gasteiger partial charge on any atom is 0.165 e. The summed E-state index contributed by atoms with van der Waals surface area (Å²) in [4.78, 5) is 0. The molecule has 0 saturated carbocycles. The van der Waals surface area contributed by atoms with Crippen LogP contribution in [0.5, 0.6) is 11.5 Å². The fraction of sp³-hybridized carbons (Fsp3) is 0.333. The lowest BCUT2D eigenvalue weighted by Gasteiger charge is -2.07. The Labute approximate surface area is 90.4 Å². The van der Waals surface area contributed by atoms with Crippen LogP contribution < -0.4 is 10.1 Å². The van der Waals surface area contributed by atoms with Gasteiger partial charge in [0.2, 0.25) is 0 Å². The molecule has 3 heteroatoms. The van der Waals surface area contributed by atoms with E-state index in [1.165, 1.54) is 0 Å². The molecule has 0 amide bonds. The monoisotopic (exact) mass is 207 g/mol. The first-order chi connectivity index (χ1) is 7.29. The number of phenolic OH excluding ortho intramolecular Hbond substituents is 1. The minimum Gasteiger partial charge on any atom is -0.504 e. The Hall–Kier alpha value is -1.48. The summed E-state index contributed by atoms with van der Waals surface area (Å²) in [5.74, 6) is 0.732. The van der Waals surface area contributed by atoms with Crippen LogP contribution in [-0.4, -0.2) is 25.3 Å². The van der Waals surface area contributed by atoms with Crippen LogP contribution in [-0.2, 0) is 0 Å². The molecular formula is C12H17NO2. The molecule has 0 unspecified atom stereocenters. The summed E-state index contributed by atoms with van der Waals surface area (Å²) in [6, 6.07) is 5.47. The first kappa shape index (κ1) is 11.6. The van der Waals surface area contributed by atoms with E-state index >= 15 is 0 Å². The highest BCUT2D eigenvalue weighted by molar-refractivity contribution is 5.61. The summed E-state index contributed by atoms with van der Waals surface area (Å²) in [5.41, 5.74) is 0.774. The third kappa shape index (κ3) is 3.29. The molecule has 82 valence electrons. The molecule has 0 aliphatic carbocycles. The fourth-order valence-electron chi connectivity index (χ4n) is 1.25. The number of phenols is 1. The van der Waals surface area contributed by atoms with Gasteiger partial charge in [-0.3, -0.25) is 0 Å². The summed E-state index contributed by atoms with van der Waals surface area (Å²) in [5, 5.41) is 12.8. The second-order valence-electron chi connectivity index (χ2n) is 3.09. The van der Waals surface area contributed by atoms with E-state index in [1.54, 1.807) is 6.07 Å². The van der Waals surface area contributed by atoms with Crippen molar-refractivity contribution in [2.45, 2.75) is 6.92 Å². The Kier molecular flexibility index (Phi) is 4.71. The van der Waals surface area contributed by atoms with Crippen molar-refractivity contribution in [2.24, 2.45) is 0 Å². The van der Waals surface area contributed by atoms with Gasteiger partial charge in [0, 0.05) is 12.1 Å². The molecule has 2 N–H and O–H groups in total. The number of nitrogens with one attached hydrogen (secondary N) is 1. The number of aromatic hydroxyl groups is 1. The van der Waals surface area contributed by atoms with Gasteiger partial charge in [0.15, 0.2) is 11.5 Å². The Balaban J connectivity index is 2.84. The second kappa shape index (κ2) is 6.09. The molecule has 0 aromatic heterocycles. The van der Waals surface area contributed by atoms with E-state index in [9.17, 15) is 5.11 Å². The molecule has 0 saturated heterocycles. The van der Waals surface area contributed by atoms with E-state index in [1.807, 2.05) is 38.3 Å². The van der Waals surface area contributed by atoms with Crippen LogP contribution in [0.25, 0.3) is 6.08 Å². The molecule has 0 atom stereocenters. The van der Waals surface area contributed by atoms with Gasteiger partial charge in [-0.05, 0) is 20.0 Å². The van der Waals surface area contributed by atoms with Gasteiger partial charge in [-0.1, -0.05) is 24.3 Å². The molecule has 0 bridgehead atoms. The van der Waals surface area contributed by atoms with Crippen LogP contribution >= 0.6 is 0 Å². The number of para-hydroxylation sites is 1. The highest BCUT2D eigenvalue weighted by Gasteiger charge is 2.04. The maximum atomic E-state index is 9.82. The van der Waals surface area contributed by atoms with Crippen LogP contribution in [0.4, 0.5) is 0 Å². The molecule has 0 aliphatic heterocycles. The van der Waals surface area contributed by atoms with Crippen molar-refractivity contribution in [1.29, 1.82) is 0 Å². The van der Waals surface area contributed by atoms with Gasteiger partial charge in [0.05, 0.1) is 6.61 Å². The van der Waals surface area contributed by atoms with Crippen molar-refractivity contribution in [2.75, 3.05) is 20.2 Å². The molecule has 1 aromatic carbocycles. The lowest BCUT2D eigenvalue weighted by molar-refractivity contribution is 0.318. The van der Waals surface area contributed by atoms with Crippen molar-refractivity contribution in [3.05, 3.63) is 29.8 Å². The largest absolute Gasteiger partial charge is 0.504 e. The summed E-state index contributed by atoms with van der Waals surface area (Å²) in [6.45, 7) is 3.22. The van der Waals surface area contributed by atoms with Gasteiger partial charge in [-0.15, -0.1) is 0 Å². The van der Waals surface area contributed by atoms with Crippen molar-refractivity contribution < 1.29 is 9.84 Å². The first-order valence-electron chi connectivity index (χ1n) is 5.05. The number of benzene rings is 1. The van der Waals surface area contributed by atoms with Crippen molar-refractivity contribution >= 4 is 6.08 Å². The van der Waals surface area contributed by atoms with E-state index in [2.05, 4.69) is 5.32 Å². The second-order valence-corrected chi connectivity index (χ2v) is 3.09. The molecule has 0 spiro atoms. The van der Waals surface area contributed by atoms with E-state index in [-0.39, 0.29) is 5.75 Å². The van der Waals surface area contributed by atoms with Crippen LogP contribution in [0.15, 0.2) is 24.3 Å². The average Bonchev–Trinajstić information content (AvgIpc) is 2.24. The maximum absolute atomic E-state index is 9.82. The Morgan fingerprint density at radius 3 is 2.93 bits per heavy atom. The average molecular weight is 207 g/mol. The predicted molar refractivity (Wildman–Crippen MR) is 62.2 cm³/mol. The number of likely N-dealkylation sites (N-methyl/N-ethyl adjacent to an activating group) is 1. The van der Waals surface area contributed by atoms with E-state index < -0.39 is 0 Å². The Morgan fingerprint density at radius 2 is 2.27 bits per heavy atom. The Morgan fingerprint density at radius 1 is 1.47 bits per heavy atom. The third-order valence-electron chi connectivity index (χ3n) is 1.95. The molecule has 15 heavy (non-hydrogen) atoms. The van der Waals surface area contributed by atoms with E-state index in [0.29, 0.717) is 12.4 Å². The minimum absolute atomic E-state index is 0.201. The topological polar surface area (TPSA) is 41.5 Å². The zero-order chi connectivity index (χ0) is 11.1. The summed E-state index contributed by atoms with van der Waals surface area (Å²) < 4.78 is 5.28. The number of ether oxygens (including phenoxy) is 1. The zero-order valence-corrected chi connectivity index (χ0v) is 9.16. The number of hydrogen-bond donors (Lipinski definition) is 2. The molecule has 0 radical (unpaired) electrons. The fourth-order valence-corrected chi connectivity index (χ4v) is 1.25. The summed E-state index contributed by atoms with van der Waals surface area (Å²) in [7, 11) is 1.88. The Bertz CT molecular complexity index is 334. The SMILES string of the molecule is CCOc1cccc(C=CCNC)c1O. The number of hydrogen-bond acceptors (Lipinski definition) is 3. The van der Waals surface area contributed by atoms with Crippen LogP contribution in [0.1, 0.15) is 12.5 Å². The smallest absolute Gasteiger partial charge is 0.165 e. The summed E-state index contributed by atoms with van der Waals surface area (Å²) in [6.07, 6.45) is 3.82. The quantitative estimate of drug-likeness (QED) is 0.776. The highest BCUT2D eigenvalue weighted by Crippen LogP contribution is 2.30.